The van der Waals surface area contributed by atoms with Gasteiger partial charge in [0.05, 0.1) is 0 Å². The summed E-state index contributed by atoms with van der Waals surface area (Å²) in [7, 11) is 0. The van der Waals surface area contributed by atoms with Crippen LogP contribution in [0.1, 0.15) is 222 Å². The predicted molar refractivity (Wildman–Crippen MR) is 194 cm³/mol. The lowest BCUT2D eigenvalue weighted by atomic mass is 9.92. The van der Waals surface area contributed by atoms with Gasteiger partial charge < -0.3 is 4.84 Å². The fourth-order valence-electron chi connectivity index (χ4n) is 6.58. The van der Waals surface area contributed by atoms with E-state index in [1.54, 1.807) is 0 Å². The van der Waals surface area contributed by atoms with Crippen molar-refractivity contribution < 1.29 is 14.4 Å². The second-order valence-corrected chi connectivity index (χ2v) is 13.7. The van der Waals surface area contributed by atoms with Crippen molar-refractivity contribution in [3.63, 3.8) is 0 Å². The van der Waals surface area contributed by atoms with E-state index in [4.69, 9.17) is 4.84 Å². The van der Waals surface area contributed by atoms with E-state index < -0.39 is 0 Å². The van der Waals surface area contributed by atoms with Gasteiger partial charge in [0.1, 0.15) is 6.29 Å². The zero-order valence-electron chi connectivity index (χ0n) is 30.2. The molecule has 0 bridgehead atoms. The van der Waals surface area contributed by atoms with E-state index in [9.17, 15) is 9.59 Å². The molecule has 0 saturated heterocycles. The lowest BCUT2D eigenvalue weighted by molar-refractivity contribution is -0.125. The Kier molecular flexibility index (Phi) is 28.2. The molecule has 0 atom stereocenters. The fraction of sp³-hybridized carbons (Fsp3) is 0.805. The molecule has 0 aromatic heterocycles. The van der Waals surface area contributed by atoms with Gasteiger partial charge in [0, 0.05) is 18.1 Å². The van der Waals surface area contributed by atoms with E-state index in [0.717, 1.165) is 48.7 Å². The number of carbonyl (C=O) groups is 2. The van der Waals surface area contributed by atoms with Gasteiger partial charge >= 0.3 is 0 Å². The Morgan fingerprint density at radius 1 is 0.533 bits per heavy atom. The van der Waals surface area contributed by atoms with Gasteiger partial charge in [0.2, 0.25) is 5.91 Å². The summed E-state index contributed by atoms with van der Waals surface area (Å²) in [5.74, 6) is 0.483. The van der Waals surface area contributed by atoms with Gasteiger partial charge in [-0.1, -0.05) is 181 Å². The van der Waals surface area contributed by atoms with E-state index >= 15 is 0 Å². The van der Waals surface area contributed by atoms with Crippen LogP contribution in [-0.2, 0) is 17.6 Å². The summed E-state index contributed by atoms with van der Waals surface area (Å²) in [5.41, 5.74) is 5.53. The number of unbranched alkanes of at least 4 members (excludes halogenated alkanes) is 26. The number of carbonyl (C=O) groups excluding carboxylic acids is 2. The Balaban J connectivity index is 2.37. The predicted octanol–water partition coefficient (Wildman–Crippen LogP) is 13.0. The largest absolute Gasteiger partial charge is 0.379 e. The molecule has 0 radical (unpaired) electrons. The van der Waals surface area contributed by atoms with Gasteiger partial charge in [-0.05, 0) is 43.4 Å². The molecule has 0 saturated carbocycles. The van der Waals surface area contributed by atoms with E-state index in [2.05, 4.69) is 19.3 Å². The maximum atomic E-state index is 12.0. The van der Waals surface area contributed by atoms with Crippen LogP contribution in [0.2, 0.25) is 0 Å². The summed E-state index contributed by atoms with van der Waals surface area (Å²) < 4.78 is 0. The molecule has 4 heteroatoms. The van der Waals surface area contributed by atoms with Crippen LogP contribution in [0, 0.1) is 0 Å². The number of hydroxylamine groups is 1. The highest BCUT2D eigenvalue weighted by Gasteiger charge is 2.15. The monoisotopic (exact) mass is 628 g/mol. The lowest BCUT2D eigenvalue weighted by Crippen LogP contribution is -2.24. The Hall–Kier alpha value is -1.84. The molecule has 45 heavy (non-hydrogen) atoms. The molecular formula is C41H73NO3. The molecule has 1 rings (SSSR count). The SMILES string of the molecule is CCCCCCCCCCCCCCCCc1c(C=O)ccc(ONC(C)=O)c1CCCCCCCCCCCCCCCC. The second kappa shape index (κ2) is 30.8. The Labute approximate surface area is 279 Å². The van der Waals surface area contributed by atoms with Crippen LogP contribution in [0.3, 0.4) is 0 Å². The maximum absolute atomic E-state index is 12.0. The zero-order valence-corrected chi connectivity index (χ0v) is 30.2. The van der Waals surface area contributed by atoms with Crippen molar-refractivity contribution in [3.8, 4) is 5.75 Å². The quantitative estimate of drug-likeness (QED) is 0.0479. The first-order chi connectivity index (χ1) is 22.1. The Bertz CT molecular complexity index is 836. The molecule has 0 unspecified atom stereocenters. The summed E-state index contributed by atoms with van der Waals surface area (Å²) in [6.07, 6.45) is 40.3. The van der Waals surface area contributed by atoms with Crippen LogP contribution < -0.4 is 10.3 Å². The number of benzene rings is 1. The number of nitrogens with one attached hydrogen (secondary N) is 1. The summed E-state index contributed by atoms with van der Waals surface area (Å²) in [4.78, 5) is 29.3. The molecule has 1 aromatic rings. The minimum absolute atomic E-state index is 0.217. The molecule has 4 nitrogen and oxygen atoms in total. The molecule has 0 fully saturated rings. The van der Waals surface area contributed by atoms with Crippen molar-refractivity contribution in [2.45, 2.75) is 213 Å². The van der Waals surface area contributed by atoms with Crippen LogP contribution in [0.5, 0.6) is 5.75 Å². The molecule has 0 heterocycles. The van der Waals surface area contributed by atoms with Gasteiger partial charge in [-0.2, -0.15) is 5.48 Å². The van der Waals surface area contributed by atoms with Crippen molar-refractivity contribution in [3.05, 3.63) is 28.8 Å². The number of rotatable bonds is 33. The highest BCUT2D eigenvalue weighted by molar-refractivity contribution is 5.79. The molecular weight excluding hydrogens is 554 g/mol. The van der Waals surface area contributed by atoms with E-state index in [1.165, 1.54) is 174 Å². The van der Waals surface area contributed by atoms with Crippen molar-refractivity contribution >= 4 is 12.2 Å². The van der Waals surface area contributed by atoms with E-state index in [1.807, 2.05) is 12.1 Å². The smallest absolute Gasteiger partial charge is 0.249 e. The molecule has 0 spiro atoms. The lowest BCUT2D eigenvalue weighted by Gasteiger charge is -2.17. The van der Waals surface area contributed by atoms with Crippen LogP contribution in [-0.4, -0.2) is 12.2 Å². The molecule has 0 aliphatic rings. The first-order valence-corrected chi connectivity index (χ1v) is 19.7. The standard InChI is InChI=1S/C41H73NO3/c1-4-6-8-10-12-14-16-18-20-22-24-26-28-30-32-39-38(36-43)34-35-41(45-42-37(3)44)40(39)33-31-29-27-25-23-21-19-17-15-13-11-9-7-5-2/h34-36H,4-33H2,1-3H3,(H,42,44). The number of hydrogen-bond acceptors (Lipinski definition) is 3. The summed E-state index contributed by atoms with van der Waals surface area (Å²) in [5, 5.41) is 0. The first kappa shape index (κ1) is 41.2. The molecule has 0 aliphatic heterocycles. The zero-order chi connectivity index (χ0) is 32.6. The third-order valence-corrected chi connectivity index (χ3v) is 9.42. The molecule has 1 aromatic carbocycles. The Morgan fingerprint density at radius 2 is 0.867 bits per heavy atom. The third kappa shape index (κ3) is 23.2. The summed E-state index contributed by atoms with van der Waals surface area (Å²) in [6, 6.07) is 3.71. The van der Waals surface area contributed by atoms with Gasteiger partial charge in [-0.15, -0.1) is 0 Å². The van der Waals surface area contributed by atoms with Crippen LogP contribution in [0.15, 0.2) is 12.1 Å². The first-order valence-electron chi connectivity index (χ1n) is 19.7. The van der Waals surface area contributed by atoms with Gasteiger partial charge in [-0.3, -0.25) is 9.59 Å². The van der Waals surface area contributed by atoms with Crippen LogP contribution in [0.25, 0.3) is 0 Å². The van der Waals surface area contributed by atoms with E-state index in [0.29, 0.717) is 5.75 Å². The number of aldehydes is 1. The van der Waals surface area contributed by atoms with Gasteiger partial charge in [-0.25, -0.2) is 0 Å². The summed E-state index contributed by atoms with van der Waals surface area (Å²) >= 11 is 0. The minimum atomic E-state index is -0.217. The Morgan fingerprint density at radius 3 is 1.20 bits per heavy atom. The number of hydrogen-bond donors (Lipinski definition) is 1. The normalized spacial score (nSPS) is 11.2. The highest BCUT2D eigenvalue weighted by Crippen LogP contribution is 2.29. The number of amides is 1. The van der Waals surface area contributed by atoms with Gasteiger partial charge in [0.25, 0.3) is 0 Å². The molecule has 260 valence electrons. The molecule has 1 amide bonds. The topological polar surface area (TPSA) is 55.4 Å². The van der Waals surface area contributed by atoms with Crippen molar-refractivity contribution in [1.29, 1.82) is 0 Å². The van der Waals surface area contributed by atoms with Crippen LogP contribution in [0.4, 0.5) is 0 Å². The van der Waals surface area contributed by atoms with Crippen molar-refractivity contribution in [1.82, 2.24) is 5.48 Å². The highest BCUT2D eigenvalue weighted by atomic mass is 16.7. The molecule has 0 aliphatic carbocycles. The van der Waals surface area contributed by atoms with Crippen molar-refractivity contribution in [2.75, 3.05) is 0 Å². The van der Waals surface area contributed by atoms with Crippen LogP contribution >= 0.6 is 0 Å². The second-order valence-electron chi connectivity index (χ2n) is 13.7. The summed E-state index contributed by atoms with van der Waals surface area (Å²) in [6.45, 7) is 6.03. The minimum Gasteiger partial charge on any atom is -0.379 e. The third-order valence-electron chi connectivity index (χ3n) is 9.42. The average molecular weight is 628 g/mol. The maximum Gasteiger partial charge on any atom is 0.249 e. The van der Waals surface area contributed by atoms with Gasteiger partial charge in [0.15, 0.2) is 5.75 Å². The molecule has 1 N–H and O–H groups in total. The fourth-order valence-corrected chi connectivity index (χ4v) is 6.58. The average Bonchev–Trinajstić information content (AvgIpc) is 3.04. The van der Waals surface area contributed by atoms with Crippen molar-refractivity contribution in [2.24, 2.45) is 0 Å². The van der Waals surface area contributed by atoms with E-state index in [-0.39, 0.29) is 5.91 Å².